The molecule has 4 heteroatoms. The van der Waals surface area contributed by atoms with E-state index in [1.54, 1.807) is 12.1 Å². The Kier molecular flexibility index (Phi) is 5.21. The minimum Gasteiger partial charge on any atom is -0.399 e. The highest BCUT2D eigenvalue weighted by Gasteiger charge is 2.08. The number of benzene rings is 2. The molecule has 2 aromatic carbocycles. The molecule has 2 aromatic rings. The molecule has 0 spiro atoms. The van der Waals surface area contributed by atoms with Crippen LogP contribution in [0.25, 0.3) is 0 Å². The standard InChI is InChI=1S/C17H18ClN3/c1-2-21(11-14-4-3-5-16(20)8-14)12-15-7-6-13(10-19)9-17(15)18/h3-9H,2,11-12,20H2,1H3. The maximum absolute atomic E-state index is 8.87. The molecule has 0 saturated carbocycles. The van der Waals surface area contributed by atoms with Crippen molar-refractivity contribution in [3.63, 3.8) is 0 Å². The maximum Gasteiger partial charge on any atom is 0.0992 e. The Labute approximate surface area is 130 Å². The third-order valence-corrected chi connectivity index (χ3v) is 3.73. The number of nitrogens with two attached hydrogens (primary N) is 1. The summed E-state index contributed by atoms with van der Waals surface area (Å²) in [6.45, 7) is 4.59. The highest BCUT2D eigenvalue weighted by atomic mass is 35.5. The molecule has 0 bridgehead atoms. The number of rotatable bonds is 5. The van der Waals surface area contributed by atoms with E-state index in [9.17, 15) is 0 Å². The minimum absolute atomic E-state index is 0.586. The first-order valence-corrected chi connectivity index (χ1v) is 7.25. The molecular formula is C17H18ClN3. The number of hydrogen-bond donors (Lipinski definition) is 1. The van der Waals surface area contributed by atoms with Crippen LogP contribution in [-0.2, 0) is 13.1 Å². The smallest absolute Gasteiger partial charge is 0.0992 e. The molecule has 0 aliphatic heterocycles. The lowest BCUT2D eigenvalue weighted by molar-refractivity contribution is 0.271. The van der Waals surface area contributed by atoms with Crippen LogP contribution >= 0.6 is 11.6 Å². The molecule has 0 aliphatic carbocycles. The van der Waals surface area contributed by atoms with Gasteiger partial charge < -0.3 is 5.73 Å². The second kappa shape index (κ2) is 7.12. The van der Waals surface area contributed by atoms with Gasteiger partial charge in [0.25, 0.3) is 0 Å². The number of anilines is 1. The van der Waals surface area contributed by atoms with Gasteiger partial charge in [0.2, 0.25) is 0 Å². The Balaban J connectivity index is 2.11. The third kappa shape index (κ3) is 4.22. The molecule has 0 unspecified atom stereocenters. The van der Waals surface area contributed by atoms with E-state index in [0.717, 1.165) is 30.9 Å². The zero-order chi connectivity index (χ0) is 15.2. The molecule has 0 amide bonds. The number of nitrogen functional groups attached to an aromatic ring is 1. The average molecular weight is 300 g/mol. The predicted molar refractivity (Wildman–Crippen MR) is 86.8 cm³/mol. The van der Waals surface area contributed by atoms with E-state index < -0.39 is 0 Å². The van der Waals surface area contributed by atoms with Crippen molar-refractivity contribution >= 4 is 17.3 Å². The van der Waals surface area contributed by atoms with Crippen LogP contribution in [0.3, 0.4) is 0 Å². The molecule has 2 rings (SSSR count). The van der Waals surface area contributed by atoms with Crippen molar-refractivity contribution in [3.8, 4) is 6.07 Å². The van der Waals surface area contributed by atoms with Gasteiger partial charge in [0.1, 0.15) is 0 Å². The van der Waals surface area contributed by atoms with Crippen molar-refractivity contribution in [2.24, 2.45) is 0 Å². The zero-order valence-corrected chi connectivity index (χ0v) is 12.8. The Morgan fingerprint density at radius 3 is 2.62 bits per heavy atom. The van der Waals surface area contributed by atoms with Crippen LogP contribution in [-0.4, -0.2) is 11.4 Å². The molecule has 21 heavy (non-hydrogen) atoms. The summed E-state index contributed by atoms with van der Waals surface area (Å²) in [7, 11) is 0. The van der Waals surface area contributed by atoms with Crippen LogP contribution in [0.2, 0.25) is 5.02 Å². The first kappa shape index (κ1) is 15.4. The fourth-order valence-corrected chi connectivity index (χ4v) is 2.46. The van der Waals surface area contributed by atoms with Crippen molar-refractivity contribution in [1.29, 1.82) is 5.26 Å². The minimum atomic E-state index is 0.586. The highest BCUT2D eigenvalue weighted by Crippen LogP contribution is 2.20. The van der Waals surface area contributed by atoms with E-state index in [0.29, 0.717) is 10.6 Å². The summed E-state index contributed by atoms with van der Waals surface area (Å²) in [4.78, 5) is 2.28. The Morgan fingerprint density at radius 2 is 2.00 bits per heavy atom. The molecule has 0 radical (unpaired) electrons. The molecule has 0 fully saturated rings. The zero-order valence-electron chi connectivity index (χ0n) is 12.0. The van der Waals surface area contributed by atoms with Crippen LogP contribution < -0.4 is 5.73 Å². The summed E-state index contributed by atoms with van der Waals surface area (Å²) in [5.41, 5.74) is 9.39. The van der Waals surface area contributed by atoms with Gasteiger partial charge in [-0.25, -0.2) is 0 Å². The van der Waals surface area contributed by atoms with Gasteiger partial charge in [0.15, 0.2) is 0 Å². The van der Waals surface area contributed by atoms with E-state index in [4.69, 9.17) is 22.6 Å². The van der Waals surface area contributed by atoms with E-state index in [1.165, 1.54) is 5.56 Å². The van der Waals surface area contributed by atoms with Gasteiger partial charge in [-0.2, -0.15) is 5.26 Å². The molecule has 0 heterocycles. The summed E-state index contributed by atoms with van der Waals surface area (Å²) >= 11 is 6.24. The van der Waals surface area contributed by atoms with Gasteiger partial charge in [0.05, 0.1) is 11.6 Å². The Bertz CT molecular complexity index is 661. The summed E-state index contributed by atoms with van der Waals surface area (Å²) in [5.74, 6) is 0. The molecule has 2 N–H and O–H groups in total. The van der Waals surface area contributed by atoms with Gasteiger partial charge in [0, 0.05) is 23.8 Å². The molecule has 0 atom stereocenters. The first-order valence-electron chi connectivity index (χ1n) is 6.87. The van der Waals surface area contributed by atoms with Crippen molar-refractivity contribution in [1.82, 2.24) is 4.90 Å². The van der Waals surface area contributed by atoms with Crippen molar-refractivity contribution < 1.29 is 0 Å². The van der Waals surface area contributed by atoms with E-state index in [2.05, 4.69) is 24.0 Å². The lowest BCUT2D eigenvalue weighted by atomic mass is 10.1. The molecule has 3 nitrogen and oxygen atoms in total. The van der Waals surface area contributed by atoms with Gasteiger partial charge in [-0.15, -0.1) is 0 Å². The van der Waals surface area contributed by atoms with E-state index in [-0.39, 0.29) is 0 Å². The molecular weight excluding hydrogens is 282 g/mol. The Morgan fingerprint density at radius 1 is 1.19 bits per heavy atom. The SMILES string of the molecule is CCN(Cc1cccc(N)c1)Cc1ccc(C#N)cc1Cl. The van der Waals surface area contributed by atoms with Gasteiger partial charge in [-0.05, 0) is 41.9 Å². The molecule has 0 aromatic heterocycles. The second-order valence-corrected chi connectivity index (χ2v) is 5.37. The van der Waals surface area contributed by atoms with Gasteiger partial charge in [-0.3, -0.25) is 4.90 Å². The van der Waals surface area contributed by atoms with Gasteiger partial charge >= 0.3 is 0 Å². The second-order valence-electron chi connectivity index (χ2n) is 4.97. The van der Waals surface area contributed by atoms with Crippen molar-refractivity contribution in [2.75, 3.05) is 12.3 Å². The van der Waals surface area contributed by atoms with E-state index >= 15 is 0 Å². The number of halogens is 1. The van der Waals surface area contributed by atoms with Crippen LogP contribution in [0.4, 0.5) is 5.69 Å². The first-order chi connectivity index (χ1) is 10.1. The number of nitrogens with zero attached hydrogens (tertiary/aromatic N) is 2. The third-order valence-electron chi connectivity index (χ3n) is 3.38. The van der Waals surface area contributed by atoms with Crippen LogP contribution in [0.1, 0.15) is 23.6 Å². The maximum atomic E-state index is 8.87. The largest absolute Gasteiger partial charge is 0.399 e. The van der Waals surface area contributed by atoms with E-state index in [1.807, 2.05) is 24.3 Å². The summed E-state index contributed by atoms with van der Waals surface area (Å²) in [6, 6.07) is 15.4. The van der Waals surface area contributed by atoms with Crippen LogP contribution in [0.5, 0.6) is 0 Å². The summed E-state index contributed by atoms with van der Waals surface area (Å²) < 4.78 is 0. The fourth-order valence-electron chi connectivity index (χ4n) is 2.22. The molecule has 108 valence electrons. The lowest BCUT2D eigenvalue weighted by Crippen LogP contribution is -2.22. The quantitative estimate of drug-likeness (QED) is 0.854. The van der Waals surface area contributed by atoms with Crippen molar-refractivity contribution in [2.45, 2.75) is 20.0 Å². The predicted octanol–water partition coefficient (Wildman–Crippen LogP) is 3.82. The molecule has 0 aliphatic rings. The Hall–Kier alpha value is -2.02. The number of nitriles is 1. The topological polar surface area (TPSA) is 53.0 Å². The normalized spacial score (nSPS) is 10.6. The monoisotopic (exact) mass is 299 g/mol. The van der Waals surface area contributed by atoms with Gasteiger partial charge in [-0.1, -0.05) is 36.7 Å². The van der Waals surface area contributed by atoms with Crippen LogP contribution in [0, 0.1) is 11.3 Å². The summed E-state index contributed by atoms with van der Waals surface area (Å²) in [5, 5.41) is 9.51. The van der Waals surface area contributed by atoms with Crippen LogP contribution in [0.15, 0.2) is 42.5 Å². The fraction of sp³-hybridized carbons (Fsp3) is 0.235. The summed E-state index contributed by atoms with van der Waals surface area (Å²) in [6.07, 6.45) is 0. The van der Waals surface area contributed by atoms with Crippen molar-refractivity contribution in [3.05, 3.63) is 64.2 Å². The highest BCUT2D eigenvalue weighted by molar-refractivity contribution is 6.31. The number of hydrogen-bond acceptors (Lipinski definition) is 3. The average Bonchev–Trinajstić information content (AvgIpc) is 2.48. The lowest BCUT2D eigenvalue weighted by Gasteiger charge is -2.21. The molecule has 0 saturated heterocycles.